The normalized spacial score (nSPS) is 47.8. The number of ketones is 1. The average molecular weight is 495 g/mol. The molecule has 2 bridgehead atoms. The molecular formula is C29H38N2O5. The summed E-state index contributed by atoms with van der Waals surface area (Å²) in [5.74, 6) is 3.03. The van der Waals surface area contributed by atoms with Crippen molar-refractivity contribution in [3.8, 4) is 0 Å². The standard InChI is InChI=1S/C29H38N2O5/c1-3-16-14(2)12-18-19-13-15-9-10-21(32)25-26(34)20(31-29(25)35)7-5-11-30-22(33)8-4-6-17(15)24(19)28-27(36-28)23(16)18/h4,8-10,14-20,23-24,27-28,32H,3,5-7,11-13H2,1-2H3,(H,30,33)(H,31,35)/b8-4+,10-9-,25-21?/t14-,15+,16-,17+,18-,19-,20+,23+,24+,27+,28?/m1/s1. The van der Waals surface area contributed by atoms with Crippen LogP contribution in [0.3, 0.4) is 0 Å². The third-order valence-electron chi connectivity index (χ3n) is 10.3. The van der Waals surface area contributed by atoms with Crippen LogP contribution in [0.1, 0.15) is 52.4 Å². The van der Waals surface area contributed by atoms with Crippen molar-refractivity contribution in [3.63, 3.8) is 0 Å². The van der Waals surface area contributed by atoms with Gasteiger partial charge in [-0.05, 0) is 91.6 Å². The van der Waals surface area contributed by atoms with Crippen LogP contribution >= 0.6 is 0 Å². The fraction of sp³-hybridized carbons (Fsp3) is 0.690. The van der Waals surface area contributed by atoms with Crippen molar-refractivity contribution in [1.82, 2.24) is 10.6 Å². The van der Waals surface area contributed by atoms with E-state index in [2.05, 4.69) is 24.5 Å². The highest BCUT2D eigenvalue weighted by atomic mass is 16.6. The van der Waals surface area contributed by atoms with Gasteiger partial charge in [-0.1, -0.05) is 32.4 Å². The molecular weight excluding hydrogens is 456 g/mol. The number of aliphatic hydroxyl groups is 1. The summed E-state index contributed by atoms with van der Waals surface area (Å²) in [7, 11) is 0. The second-order valence-electron chi connectivity index (χ2n) is 12.0. The van der Waals surface area contributed by atoms with E-state index in [0.717, 1.165) is 18.8 Å². The smallest absolute Gasteiger partial charge is 0.259 e. The summed E-state index contributed by atoms with van der Waals surface area (Å²) in [6, 6.07) is -0.651. The molecule has 3 saturated carbocycles. The van der Waals surface area contributed by atoms with Gasteiger partial charge in [0.2, 0.25) is 5.91 Å². The second kappa shape index (κ2) is 9.16. The van der Waals surface area contributed by atoms with Gasteiger partial charge < -0.3 is 20.5 Å². The van der Waals surface area contributed by atoms with Crippen LogP contribution in [0.25, 0.3) is 0 Å². The predicted molar refractivity (Wildman–Crippen MR) is 134 cm³/mol. The first kappa shape index (κ1) is 24.0. The van der Waals surface area contributed by atoms with E-state index >= 15 is 0 Å². The van der Waals surface area contributed by atoms with Crippen LogP contribution in [0, 0.1) is 47.3 Å². The number of amides is 2. The van der Waals surface area contributed by atoms with Crippen LogP contribution in [0.15, 0.2) is 35.6 Å². The molecule has 0 aromatic rings. The molecule has 2 amide bonds. The lowest BCUT2D eigenvalue weighted by atomic mass is 9.65. The molecule has 5 fully saturated rings. The van der Waals surface area contributed by atoms with Crippen molar-refractivity contribution < 1.29 is 24.2 Å². The minimum atomic E-state index is -0.651. The molecule has 6 aliphatic rings. The van der Waals surface area contributed by atoms with Crippen molar-refractivity contribution in [3.05, 3.63) is 35.6 Å². The van der Waals surface area contributed by atoms with Crippen molar-refractivity contribution in [2.75, 3.05) is 6.54 Å². The molecule has 36 heavy (non-hydrogen) atoms. The van der Waals surface area contributed by atoms with Gasteiger partial charge in [0.1, 0.15) is 11.3 Å². The Balaban J connectivity index is 1.32. The molecule has 3 N–H and O–H groups in total. The van der Waals surface area contributed by atoms with Crippen LogP contribution in [0.2, 0.25) is 0 Å². The lowest BCUT2D eigenvalue weighted by Gasteiger charge is -2.36. The zero-order valence-corrected chi connectivity index (χ0v) is 21.2. The number of epoxide rings is 1. The number of hydrogen-bond acceptors (Lipinski definition) is 5. The lowest BCUT2D eigenvalue weighted by Crippen LogP contribution is -2.39. The number of ether oxygens (including phenoxy) is 1. The van der Waals surface area contributed by atoms with Crippen molar-refractivity contribution in [2.45, 2.75) is 70.6 Å². The molecule has 0 aromatic carbocycles. The Morgan fingerprint density at radius 2 is 1.83 bits per heavy atom. The fourth-order valence-corrected chi connectivity index (χ4v) is 8.82. The zero-order valence-electron chi connectivity index (χ0n) is 21.2. The molecule has 194 valence electrons. The Bertz CT molecular complexity index is 1050. The molecule has 0 aromatic heterocycles. The largest absolute Gasteiger partial charge is 0.507 e. The van der Waals surface area contributed by atoms with Gasteiger partial charge in [0.05, 0.1) is 18.2 Å². The van der Waals surface area contributed by atoms with Gasteiger partial charge in [0.15, 0.2) is 5.78 Å². The van der Waals surface area contributed by atoms with Crippen LogP contribution < -0.4 is 10.6 Å². The van der Waals surface area contributed by atoms with Crippen molar-refractivity contribution >= 4 is 17.6 Å². The van der Waals surface area contributed by atoms with Gasteiger partial charge in [0.25, 0.3) is 5.91 Å². The van der Waals surface area contributed by atoms with E-state index in [0.29, 0.717) is 67.1 Å². The number of nitrogens with one attached hydrogen (secondary N) is 2. The number of carbonyl (C=O) groups excluding carboxylic acids is 3. The van der Waals surface area contributed by atoms with Crippen LogP contribution in [-0.4, -0.2) is 47.5 Å². The Hall–Kier alpha value is -2.41. The van der Waals surface area contributed by atoms with E-state index in [1.807, 2.05) is 12.2 Å². The molecule has 2 saturated heterocycles. The topological polar surface area (TPSA) is 108 Å². The maximum absolute atomic E-state index is 12.8. The van der Waals surface area contributed by atoms with E-state index in [-0.39, 0.29) is 28.9 Å². The second-order valence-corrected chi connectivity index (χ2v) is 12.0. The number of fused-ring (bicyclic) bond motifs is 10. The Labute approximate surface area is 212 Å². The van der Waals surface area contributed by atoms with Gasteiger partial charge in [0, 0.05) is 6.54 Å². The average Bonchev–Trinajstić information content (AvgIpc) is 3.32. The zero-order chi connectivity index (χ0) is 25.1. The third kappa shape index (κ3) is 3.85. The summed E-state index contributed by atoms with van der Waals surface area (Å²) in [5.41, 5.74) is -0.139. The minimum Gasteiger partial charge on any atom is -0.507 e. The number of aliphatic hydroxyl groups excluding tert-OH is 1. The number of Topliss-reactive ketones (excluding diaryl/α,β-unsaturated/α-hetero) is 1. The van der Waals surface area contributed by atoms with E-state index < -0.39 is 11.9 Å². The van der Waals surface area contributed by atoms with Crippen LogP contribution in [-0.2, 0) is 19.1 Å². The summed E-state index contributed by atoms with van der Waals surface area (Å²) in [4.78, 5) is 37.7. The highest BCUT2D eigenvalue weighted by Gasteiger charge is 2.67. The summed E-state index contributed by atoms with van der Waals surface area (Å²) < 4.78 is 6.40. The van der Waals surface area contributed by atoms with Crippen molar-refractivity contribution in [2.24, 2.45) is 47.3 Å². The molecule has 6 rings (SSSR count). The number of hydrogen-bond donors (Lipinski definition) is 3. The molecule has 1 unspecified atom stereocenters. The molecule has 3 aliphatic carbocycles. The SMILES string of the molecule is CC[C@H]1[C@H]2[C@H](C[C@H]1C)[C@H]1C[C@@H]3/C=C\C(O)=C4C(=O)N[C@@H](CCCNC(=O)/C=C/C[C@@H]3[C@@H]1C1O[C@H]12)C4=O. The van der Waals surface area contributed by atoms with Gasteiger partial charge in [-0.25, -0.2) is 0 Å². The summed E-state index contributed by atoms with van der Waals surface area (Å²) in [5, 5.41) is 16.4. The lowest BCUT2D eigenvalue weighted by molar-refractivity contribution is -0.118. The Morgan fingerprint density at radius 1 is 1.06 bits per heavy atom. The Kier molecular flexibility index (Phi) is 6.09. The molecule has 7 nitrogen and oxygen atoms in total. The minimum absolute atomic E-state index is 0.122. The fourth-order valence-electron chi connectivity index (χ4n) is 8.82. The number of rotatable bonds is 1. The summed E-state index contributed by atoms with van der Waals surface area (Å²) >= 11 is 0. The van der Waals surface area contributed by atoms with Gasteiger partial charge >= 0.3 is 0 Å². The van der Waals surface area contributed by atoms with E-state index in [1.165, 1.54) is 12.8 Å². The van der Waals surface area contributed by atoms with E-state index in [1.54, 1.807) is 12.2 Å². The third-order valence-corrected chi connectivity index (χ3v) is 10.3. The summed E-state index contributed by atoms with van der Waals surface area (Å²) in [6.45, 7) is 5.14. The molecule has 3 heterocycles. The maximum Gasteiger partial charge on any atom is 0.259 e. The summed E-state index contributed by atoms with van der Waals surface area (Å²) in [6.07, 6.45) is 13.1. The van der Waals surface area contributed by atoms with Crippen LogP contribution in [0.5, 0.6) is 0 Å². The van der Waals surface area contributed by atoms with Gasteiger partial charge in [-0.15, -0.1) is 0 Å². The van der Waals surface area contributed by atoms with Crippen LogP contribution in [0.4, 0.5) is 0 Å². The highest BCUT2D eigenvalue weighted by Crippen LogP contribution is 2.66. The monoisotopic (exact) mass is 494 g/mol. The first-order chi connectivity index (χ1) is 17.4. The van der Waals surface area contributed by atoms with E-state index in [9.17, 15) is 19.5 Å². The maximum atomic E-state index is 12.8. The highest BCUT2D eigenvalue weighted by molar-refractivity contribution is 6.27. The molecule has 0 spiro atoms. The first-order valence-corrected chi connectivity index (χ1v) is 13.9. The number of carbonyl (C=O) groups is 3. The molecule has 11 atom stereocenters. The van der Waals surface area contributed by atoms with Gasteiger partial charge in [-0.3, -0.25) is 14.4 Å². The molecule has 0 radical (unpaired) electrons. The molecule has 3 aliphatic heterocycles. The predicted octanol–water partition coefficient (Wildman–Crippen LogP) is 3.23. The van der Waals surface area contributed by atoms with Gasteiger partial charge in [-0.2, -0.15) is 0 Å². The number of allylic oxidation sites excluding steroid dienone is 3. The molecule has 7 heteroatoms. The van der Waals surface area contributed by atoms with E-state index in [4.69, 9.17) is 4.74 Å². The first-order valence-electron chi connectivity index (χ1n) is 13.9. The Morgan fingerprint density at radius 3 is 2.64 bits per heavy atom. The quantitative estimate of drug-likeness (QED) is 0.383. The van der Waals surface area contributed by atoms with Crippen molar-refractivity contribution in [1.29, 1.82) is 0 Å².